The van der Waals surface area contributed by atoms with Gasteiger partial charge in [0.2, 0.25) is 0 Å². The van der Waals surface area contributed by atoms with Crippen LogP contribution >= 0.6 is 0 Å². The monoisotopic (exact) mass is 381 g/mol. The van der Waals surface area contributed by atoms with Crippen molar-refractivity contribution >= 4 is 6.09 Å². The molecule has 2 heterocycles. The Labute approximate surface area is 165 Å². The van der Waals surface area contributed by atoms with Crippen LogP contribution in [0.1, 0.15) is 17.2 Å². The number of benzene rings is 2. The van der Waals surface area contributed by atoms with Gasteiger partial charge >= 0.3 is 6.09 Å². The first-order valence-corrected chi connectivity index (χ1v) is 9.86. The first-order chi connectivity index (χ1) is 13.7. The Kier molecular flexibility index (Phi) is 5.62. The van der Waals surface area contributed by atoms with Crippen molar-refractivity contribution in [2.45, 2.75) is 18.1 Å². The van der Waals surface area contributed by atoms with Gasteiger partial charge in [0.15, 0.2) is 0 Å². The molecule has 1 atom stereocenters. The quantitative estimate of drug-likeness (QED) is 0.830. The molecule has 2 saturated heterocycles. The maximum atomic E-state index is 11.2. The van der Waals surface area contributed by atoms with Crippen LogP contribution in [0.3, 0.4) is 0 Å². The lowest BCUT2D eigenvalue weighted by atomic mass is 9.92. The fourth-order valence-corrected chi connectivity index (χ4v) is 4.48. The summed E-state index contributed by atoms with van der Waals surface area (Å²) >= 11 is 0. The van der Waals surface area contributed by atoms with Gasteiger partial charge in [0, 0.05) is 38.8 Å². The smallest absolute Gasteiger partial charge is 0.407 e. The number of piperazine rings is 1. The van der Waals surface area contributed by atoms with E-state index in [2.05, 4.69) is 58.3 Å². The van der Waals surface area contributed by atoms with E-state index in [1.54, 1.807) is 0 Å². The SMILES string of the molecule is O=C(O)N1CCN(C2CN(C(c3ccccc3)c3ccccc3)C2)C(CO)C1. The number of aliphatic hydroxyl groups excluding tert-OH is 1. The zero-order valence-corrected chi connectivity index (χ0v) is 15.9. The average Bonchev–Trinajstić information content (AvgIpc) is 2.71. The van der Waals surface area contributed by atoms with E-state index in [1.807, 2.05) is 12.1 Å². The molecule has 2 aliphatic heterocycles. The van der Waals surface area contributed by atoms with Crippen molar-refractivity contribution in [1.29, 1.82) is 0 Å². The van der Waals surface area contributed by atoms with Crippen LogP contribution in [-0.4, -0.2) is 82.4 Å². The molecule has 6 heteroatoms. The van der Waals surface area contributed by atoms with E-state index in [-0.39, 0.29) is 18.7 Å². The molecule has 0 aliphatic carbocycles. The number of amides is 1. The van der Waals surface area contributed by atoms with Crippen molar-refractivity contribution in [1.82, 2.24) is 14.7 Å². The Morgan fingerprint density at radius 2 is 1.50 bits per heavy atom. The molecule has 1 unspecified atom stereocenters. The molecule has 2 fully saturated rings. The molecule has 1 amide bonds. The van der Waals surface area contributed by atoms with Crippen LogP contribution in [0.25, 0.3) is 0 Å². The normalized spacial score (nSPS) is 21.6. The fraction of sp³-hybridized carbons (Fsp3) is 0.409. The number of carboxylic acid groups (broad SMARTS) is 1. The van der Waals surface area contributed by atoms with E-state index in [9.17, 15) is 15.0 Å². The first kappa shape index (κ1) is 18.9. The second kappa shape index (κ2) is 8.31. The Balaban J connectivity index is 1.47. The number of hydrogen-bond donors (Lipinski definition) is 2. The van der Waals surface area contributed by atoms with Gasteiger partial charge in [-0.1, -0.05) is 60.7 Å². The van der Waals surface area contributed by atoms with Crippen LogP contribution in [0.4, 0.5) is 4.79 Å². The van der Waals surface area contributed by atoms with Crippen LogP contribution in [0, 0.1) is 0 Å². The van der Waals surface area contributed by atoms with Crippen LogP contribution in [0.5, 0.6) is 0 Å². The molecule has 0 saturated carbocycles. The standard InChI is InChI=1S/C22H27N3O3/c26-16-20-15-23(22(27)28)11-12-25(20)19-13-24(14-19)21(17-7-3-1-4-8-17)18-9-5-2-6-10-18/h1-10,19-21,26H,11-16H2,(H,27,28). The summed E-state index contributed by atoms with van der Waals surface area (Å²) in [6.07, 6.45) is -0.901. The molecule has 4 rings (SSSR count). The van der Waals surface area contributed by atoms with E-state index in [0.717, 1.165) is 13.1 Å². The van der Waals surface area contributed by atoms with Gasteiger partial charge in [-0.15, -0.1) is 0 Å². The number of carbonyl (C=O) groups is 1. The molecule has 0 bridgehead atoms. The lowest BCUT2D eigenvalue weighted by molar-refractivity contribution is -0.0485. The van der Waals surface area contributed by atoms with Gasteiger partial charge in [0.05, 0.1) is 18.7 Å². The third-order valence-electron chi connectivity index (χ3n) is 5.96. The maximum absolute atomic E-state index is 11.2. The molecule has 0 radical (unpaired) electrons. The van der Waals surface area contributed by atoms with Gasteiger partial charge in [0.25, 0.3) is 0 Å². The molecule has 2 aliphatic rings. The van der Waals surface area contributed by atoms with Gasteiger partial charge in [-0.2, -0.15) is 0 Å². The largest absolute Gasteiger partial charge is 0.465 e. The van der Waals surface area contributed by atoms with Crippen molar-refractivity contribution in [2.24, 2.45) is 0 Å². The molecule has 2 aromatic carbocycles. The summed E-state index contributed by atoms with van der Waals surface area (Å²) in [5.74, 6) is 0. The lowest BCUT2D eigenvalue weighted by Crippen LogP contribution is -2.67. The minimum atomic E-state index is -0.901. The highest BCUT2D eigenvalue weighted by atomic mass is 16.4. The van der Waals surface area contributed by atoms with Crippen LogP contribution in [0.15, 0.2) is 60.7 Å². The Morgan fingerprint density at radius 3 is 2.00 bits per heavy atom. The van der Waals surface area contributed by atoms with Crippen LogP contribution in [0.2, 0.25) is 0 Å². The highest BCUT2D eigenvalue weighted by molar-refractivity contribution is 5.65. The summed E-state index contributed by atoms with van der Waals surface area (Å²) in [4.78, 5) is 17.4. The van der Waals surface area contributed by atoms with E-state index < -0.39 is 6.09 Å². The molecule has 2 N–H and O–H groups in total. The fourth-order valence-electron chi connectivity index (χ4n) is 4.48. The summed E-state index contributed by atoms with van der Waals surface area (Å²) in [5, 5.41) is 19.0. The molecular formula is C22H27N3O3. The van der Waals surface area contributed by atoms with E-state index in [4.69, 9.17) is 0 Å². The van der Waals surface area contributed by atoms with Gasteiger partial charge in [-0.25, -0.2) is 4.79 Å². The number of nitrogens with zero attached hydrogens (tertiary/aromatic N) is 3. The summed E-state index contributed by atoms with van der Waals surface area (Å²) in [6.45, 7) is 3.38. The second-order valence-corrected chi connectivity index (χ2v) is 7.63. The van der Waals surface area contributed by atoms with Gasteiger partial charge in [0.1, 0.15) is 0 Å². The number of hydrogen-bond acceptors (Lipinski definition) is 4. The summed E-state index contributed by atoms with van der Waals surface area (Å²) < 4.78 is 0. The highest BCUT2D eigenvalue weighted by Gasteiger charge is 2.41. The third kappa shape index (κ3) is 3.76. The predicted molar refractivity (Wildman–Crippen MR) is 107 cm³/mol. The van der Waals surface area contributed by atoms with Crippen molar-refractivity contribution in [3.8, 4) is 0 Å². The summed E-state index contributed by atoms with van der Waals surface area (Å²) in [7, 11) is 0. The predicted octanol–water partition coefficient (Wildman–Crippen LogP) is 2.12. The average molecular weight is 381 g/mol. The van der Waals surface area contributed by atoms with Gasteiger partial charge < -0.3 is 15.1 Å². The molecule has 0 aromatic heterocycles. The van der Waals surface area contributed by atoms with E-state index in [0.29, 0.717) is 25.7 Å². The molecule has 148 valence electrons. The van der Waals surface area contributed by atoms with E-state index in [1.165, 1.54) is 16.0 Å². The topological polar surface area (TPSA) is 67.2 Å². The van der Waals surface area contributed by atoms with Gasteiger partial charge in [-0.05, 0) is 11.1 Å². The van der Waals surface area contributed by atoms with Crippen LogP contribution < -0.4 is 0 Å². The second-order valence-electron chi connectivity index (χ2n) is 7.63. The Hall–Kier alpha value is -2.41. The molecule has 28 heavy (non-hydrogen) atoms. The lowest BCUT2D eigenvalue weighted by Gasteiger charge is -2.53. The van der Waals surface area contributed by atoms with Crippen molar-refractivity contribution in [3.05, 3.63) is 71.8 Å². The molecule has 0 spiro atoms. The molecular weight excluding hydrogens is 354 g/mol. The maximum Gasteiger partial charge on any atom is 0.407 e. The van der Waals surface area contributed by atoms with E-state index >= 15 is 0 Å². The van der Waals surface area contributed by atoms with Gasteiger partial charge in [-0.3, -0.25) is 9.80 Å². The van der Waals surface area contributed by atoms with Crippen LogP contribution in [-0.2, 0) is 0 Å². The molecule has 2 aromatic rings. The summed E-state index contributed by atoms with van der Waals surface area (Å²) in [5.41, 5.74) is 2.56. The zero-order valence-electron chi connectivity index (χ0n) is 15.9. The first-order valence-electron chi connectivity index (χ1n) is 9.86. The van der Waals surface area contributed by atoms with Crippen molar-refractivity contribution in [3.63, 3.8) is 0 Å². The zero-order chi connectivity index (χ0) is 19.5. The minimum absolute atomic E-state index is 0.0128. The Bertz CT molecular complexity index is 741. The highest BCUT2D eigenvalue weighted by Crippen LogP contribution is 2.34. The third-order valence-corrected chi connectivity index (χ3v) is 5.96. The van der Waals surface area contributed by atoms with Crippen molar-refractivity contribution < 1.29 is 15.0 Å². The minimum Gasteiger partial charge on any atom is -0.465 e. The summed E-state index contributed by atoms with van der Waals surface area (Å²) in [6, 6.07) is 21.5. The Morgan fingerprint density at radius 1 is 0.929 bits per heavy atom. The number of aliphatic hydroxyl groups is 1. The number of rotatable bonds is 5. The molecule has 6 nitrogen and oxygen atoms in total. The number of likely N-dealkylation sites (tertiary alicyclic amines) is 1. The van der Waals surface area contributed by atoms with Crippen molar-refractivity contribution in [2.75, 3.05) is 39.3 Å².